The van der Waals surface area contributed by atoms with Crippen molar-refractivity contribution in [2.24, 2.45) is 0 Å². The maximum atomic E-state index is 12.5. The minimum absolute atomic E-state index is 0.101. The van der Waals surface area contributed by atoms with Crippen molar-refractivity contribution < 1.29 is 9.59 Å². The van der Waals surface area contributed by atoms with Gasteiger partial charge in [0, 0.05) is 12.4 Å². The van der Waals surface area contributed by atoms with Gasteiger partial charge in [0.05, 0.1) is 6.54 Å². The van der Waals surface area contributed by atoms with Crippen LogP contribution in [-0.4, -0.2) is 40.5 Å². The van der Waals surface area contributed by atoms with Crippen LogP contribution in [0.4, 0.5) is 4.79 Å². The van der Waals surface area contributed by atoms with E-state index in [2.05, 4.69) is 15.6 Å². The minimum atomic E-state index is -0.685. The fourth-order valence-corrected chi connectivity index (χ4v) is 2.68. The van der Waals surface area contributed by atoms with E-state index in [0.29, 0.717) is 19.4 Å². The summed E-state index contributed by atoms with van der Waals surface area (Å²) in [5.41, 5.74) is 0.222. The summed E-state index contributed by atoms with van der Waals surface area (Å²) in [4.78, 5) is 29.8. The number of carbonyl (C=O) groups excluding carboxylic acids is 2. The molecule has 0 unspecified atom stereocenters. The molecule has 0 atom stereocenters. The number of piperidine rings is 1. The third kappa shape index (κ3) is 2.08. The van der Waals surface area contributed by atoms with Gasteiger partial charge in [-0.15, -0.1) is 0 Å². The van der Waals surface area contributed by atoms with Crippen LogP contribution in [0.5, 0.6) is 0 Å². The van der Waals surface area contributed by atoms with Gasteiger partial charge >= 0.3 is 6.03 Å². The normalized spacial score (nSPS) is 21.8. The number of nitrogens with one attached hydrogen (secondary N) is 2. The Labute approximate surface area is 111 Å². The number of aromatic nitrogens is 1. The lowest BCUT2D eigenvalue weighted by atomic mass is 9.88. The number of hydrogen-bond acceptors (Lipinski definition) is 4. The van der Waals surface area contributed by atoms with Gasteiger partial charge in [-0.1, -0.05) is 0 Å². The summed E-state index contributed by atoms with van der Waals surface area (Å²) in [5, 5.41) is 6.08. The van der Waals surface area contributed by atoms with Crippen molar-refractivity contribution in [3.05, 3.63) is 30.1 Å². The van der Waals surface area contributed by atoms with Gasteiger partial charge in [-0.05, 0) is 43.6 Å². The highest BCUT2D eigenvalue weighted by atomic mass is 16.2. The first-order valence-electron chi connectivity index (χ1n) is 6.45. The van der Waals surface area contributed by atoms with Gasteiger partial charge in [0.2, 0.25) is 0 Å². The van der Waals surface area contributed by atoms with Gasteiger partial charge in [0.15, 0.2) is 0 Å². The highest BCUT2D eigenvalue weighted by Gasteiger charge is 2.51. The van der Waals surface area contributed by atoms with Crippen LogP contribution in [0.15, 0.2) is 24.5 Å². The zero-order chi connectivity index (χ0) is 13.3. The number of nitrogens with zero attached hydrogens (tertiary/aromatic N) is 2. The predicted molar refractivity (Wildman–Crippen MR) is 68.2 cm³/mol. The summed E-state index contributed by atoms with van der Waals surface area (Å²) in [5.74, 6) is -0.101. The van der Waals surface area contributed by atoms with Crippen LogP contribution in [0, 0.1) is 0 Å². The zero-order valence-electron chi connectivity index (χ0n) is 10.6. The Hall–Kier alpha value is -1.95. The molecular weight excluding hydrogens is 244 g/mol. The molecule has 2 saturated heterocycles. The second-order valence-electron chi connectivity index (χ2n) is 5.01. The molecule has 2 aliphatic rings. The molecule has 0 saturated carbocycles. The van der Waals surface area contributed by atoms with Crippen LogP contribution in [0.25, 0.3) is 0 Å². The van der Waals surface area contributed by atoms with E-state index >= 15 is 0 Å². The average molecular weight is 260 g/mol. The maximum Gasteiger partial charge on any atom is 0.325 e. The number of rotatable bonds is 2. The lowest BCUT2D eigenvalue weighted by molar-refractivity contribution is -0.132. The van der Waals surface area contributed by atoms with Crippen molar-refractivity contribution in [1.29, 1.82) is 0 Å². The Bertz CT molecular complexity index is 497. The molecule has 6 heteroatoms. The summed E-state index contributed by atoms with van der Waals surface area (Å²) in [6.07, 6.45) is 4.64. The van der Waals surface area contributed by atoms with Gasteiger partial charge in [-0.3, -0.25) is 14.7 Å². The Morgan fingerprint density at radius 3 is 2.58 bits per heavy atom. The molecule has 1 aromatic heterocycles. The zero-order valence-corrected chi connectivity index (χ0v) is 10.6. The van der Waals surface area contributed by atoms with Gasteiger partial charge in [-0.2, -0.15) is 0 Å². The van der Waals surface area contributed by atoms with Crippen molar-refractivity contribution in [2.45, 2.75) is 24.9 Å². The number of pyridine rings is 1. The molecule has 0 aliphatic carbocycles. The van der Waals surface area contributed by atoms with Crippen LogP contribution >= 0.6 is 0 Å². The van der Waals surface area contributed by atoms with Gasteiger partial charge in [0.1, 0.15) is 5.54 Å². The largest absolute Gasteiger partial charge is 0.325 e. The summed E-state index contributed by atoms with van der Waals surface area (Å²) in [7, 11) is 0. The molecule has 0 aromatic carbocycles. The molecule has 0 bridgehead atoms. The first kappa shape index (κ1) is 12.1. The van der Waals surface area contributed by atoms with E-state index < -0.39 is 5.54 Å². The molecule has 2 fully saturated rings. The number of carbonyl (C=O) groups is 2. The van der Waals surface area contributed by atoms with Gasteiger partial charge < -0.3 is 10.6 Å². The molecule has 19 heavy (non-hydrogen) atoms. The highest BCUT2D eigenvalue weighted by molar-refractivity contribution is 6.07. The summed E-state index contributed by atoms with van der Waals surface area (Å²) >= 11 is 0. The van der Waals surface area contributed by atoms with E-state index in [1.807, 2.05) is 12.1 Å². The van der Waals surface area contributed by atoms with Crippen molar-refractivity contribution in [2.75, 3.05) is 13.1 Å². The number of hydrogen-bond donors (Lipinski definition) is 2. The van der Waals surface area contributed by atoms with Crippen molar-refractivity contribution >= 4 is 11.9 Å². The lowest BCUT2D eigenvalue weighted by Crippen LogP contribution is -2.53. The molecule has 2 aliphatic heterocycles. The Morgan fingerprint density at radius 1 is 1.21 bits per heavy atom. The van der Waals surface area contributed by atoms with Crippen LogP contribution < -0.4 is 10.6 Å². The molecule has 100 valence electrons. The topological polar surface area (TPSA) is 74.3 Å². The van der Waals surface area contributed by atoms with E-state index in [9.17, 15) is 9.59 Å². The first-order valence-corrected chi connectivity index (χ1v) is 6.45. The summed E-state index contributed by atoms with van der Waals surface area (Å²) < 4.78 is 0. The van der Waals surface area contributed by atoms with E-state index in [1.54, 1.807) is 12.4 Å². The summed E-state index contributed by atoms with van der Waals surface area (Å²) in [6.45, 7) is 1.83. The molecule has 2 N–H and O–H groups in total. The molecule has 0 radical (unpaired) electrons. The second kappa shape index (κ2) is 4.62. The monoisotopic (exact) mass is 260 g/mol. The third-order valence-electron chi connectivity index (χ3n) is 3.79. The third-order valence-corrected chi connectivity index (χ3v) is 3.79. The van der Waals surface area contributed by atoms with Crippen LogP contribution in [0.1, 0.15) is 18.4 Å². The second-order valence-corrected chi connectivity index (χ2v) is 5.01. The fraction of sp³-hybridized carbons (Fsp3) is 0.462. The van der Waals surface area contributed by atoms with E-state index in [0.717, 1.165) is 18.7 Å². The van der Waals surface area contributed by atoms with Crippen molar-refractivity contribution in [3.8, 4) is 0 Å². The van der Waals surface area contributed by atoms with Crippen molar-refractivity contribution in [1.82, 2.24) is 20.5 Å². The fourth-order valence-electron chi connectivity index (χ4n) is 2.68. The molecule has 3 heterocycles. The Balaban J connectivity index is 1.79. The molecule has 6 nitrogen and oxygen atoms in total. The van der Waals surface area contributed by atoms with Crippen LogP contribution in [0.2, 0.25) is 0 Å². The average Bonchev–Trinajstić information content (AvgIpc) is 2.66. The number of urea groups is 1. The van der Waals surface area contributed by atoms with Gasteiger partial charge in [-0.25, -0.2) is 4.79 Å². The molecule has 3 rings (SSSR count). The number of imide groups is 1. The smallest absolute Gasteiger partial charge is 0.323 e. The van der Waals surface area contributed by atoms with E-state index in [-0.39, 0.29) is 11.9 Å². The van der Waals surface area contributed by atoms with Gasteiger partial charge in [0.25, 0.3) is 5.91 Å². The molecule has 3 amide bonds. The molecule has 1 spiro atoms. The lowest BCUT2D eigenvalue weighted by Gasteiger charge is -2.31. The Kier molecular flexibility index (Phi) is 2.94. The highest BCUT2D eigenvalue weighted by Crippen LogP contribution is 2.27. The predicted octanol–water partition coefficient (Wildman–Crippen LogP) is 0.256. The van der Waals surface area contributed by atoms with Crippen molar-refractivity contribution in [3.63, 3.8) is 0 Å². The van der Waals surface area contributed by atoms with E-state index in [1.165, 1.54) is 4.90 Å². The number of amides is 3. The molecular formula is C13H16N4O2. The minimum Gasteiger partial charge on any atom is -0.323 e. The molecule has 1 aromatic rings. The maximum absolute atomic E-state index is 12.5. The SMILES string of the molecule is O=C1NC2(CCNCC2)C(=O)N1Cc1ccncc1. The Morgan fingerprint density at radius 2 is 1.89 bits per heavy atom. The van der Waals surface area contributed by atoms with Crippen LogP contribution in [0.3, 0.4) is 0 Å². The first-order chi connectivity index (χ1) is 9.21. The quantitative estimate of drug-likeness (QED) is 0.748. The summed E-state index contributed by atoms with van der Waals surface area (Å²) in [6, 6.07) is 3.34. The van der Waals surface area contributed by atoms with E-state index in [4.69, 9.17) is 0 Å². The standard InChI is InChI=1S/C13H16N4O2/c18-11-13(3-7-15-8-4-13)16-12(19)17(11)9-10-1-5-14-6-2-10/h1-2,5-6,15H,3-4,7-9H2,(H,16,19). The van der Waals surface area contributed by atoms with Crippen LogP contribution in [-0.2, 0) is 11.3 Å².